The first-order valence-electron chi connectivity index (χ1n) is 5.95. The zero-order valence-corrected chi connectivity index (χ0v) is 10.2. The number of alkyl halides is 3. The Balaban J connectivity index is 2.82. The maximum absolute atomic E-state index is 12.5. The van der Waals surface area contributed by atoms with Crippen LogP contribution in [0.3, 0.4) is 0 Å². The predicted octanol–water partition coefficient (Wildman–Crippen LogP) is 3.04. The Bertz CT molecular complexity index is 336. The van der Waals surface area contributed by atoms with Crippen molar-refractivity contribution in [1.29, 1.82) is 0 Å². The Hall–Kier alpha value is -1.07. The summed E-state index contributed by atoms with van der Waals surface area (Å²) >= 11 is 0. The molecule has 1 rings (SSSR count). The molecule has 0 fully saturated rings. The summed E-state index contributed by atoms with van der Waals surface area (Å²) < 4.78 is 37.6. The molecule has 0 heterocycles. The fourth-order valence-electron chi connectivity index (χ4n) is 1.77. The number of halogens is 3. The van der Waals surface area contributed by atoms with E-state index in [1.807, 2.05) is 6.92 Å². The summed E-state index contributed by atoms with van der Waals surface area (Å²) in [5.41, 5.74) is 0.585. The Morgan fingerprint density at radius 2 is 1.83 bits per heavy atom. The molecule has 2 N–H and O–H groups in total. The van der Waals surface area contributed by atoms with Crippen LogP contribution in [0.2, 0.25) is 0 Å². The van der Waals surface area contributed by atoms with Crippen LogP contribution in [-0.4, -0.2) is 23.9 Å². The van der Waals surface area contributed by atoms with Crippen molar-refractivity contribution in [3.05, 3.63) is 35.9 Å². The molecule has 1 aromatic rings. The van der Waals surface area contributed by atoms with E-state index in [0.29, 0.717) is 12.0 Å². The average Bonchev–Trinajstić information content (AvgIpc) is 2.34. The number of hydrogen-bond acceptors (Lipinski definition) is 2. The third-order valence-electron chi connectivity index (χ3n) is 2.79. The molecular weight excluding hydrogens is 243 g/mol. The van der Waals surface area contributed by atoms with Crippen molar-refractivity contribution in [3.8, 4) is 0 Å². The van der Waals surface area contributed by atoms with E-state index >= 15 is 0 Å². The van der Waals surface area contributed by atoms with Gasteiger partial charge < -0.3 is 10.4 Å². The molecule has 0 aliphatic heterocycles. The van der Waals surface area contributed by atoms with E-state index in [1.165, 1.54) is 0 Å². The molecule has 18 heavy (non-hydrogen) atoms. The van der Waals surface area contributed by atoms with Crippen molar-refractivity contribution in [2.45, 2.75) is 38.0 Å². The summed E-state index contributed by atoms with van der Waals surface area (Å²) in [5.74, 6) is 0. The minimum Gasteiger partial charge on any atom is -0.395 e. The van der Waals surface area contributed by atoms with Crippen molar-refractivity contribution in [2.75, 3.05) is 6.61 Å². The molecule has 0 amide bonds. The minimum absolute atomic E-state index is 0.169. The molecule has 0 radical (unpaired) electrons. The van der Waals surface area contributed by atoms with Crippen LogP contribution in [0.15, 0.2) is 30.3 Å². The molecule has 2 atom stereocenters. The second kappa shape index (κ2) is 6.75. The number of nitrogens with one attached hydrogen (secondary N) is 1. The SMILES string of the molecule is CC[C@@H](CO)NC(CC(F)(F)F)c1ccccc1. The lowest BCUT2D eigenvalue weighted by Crippen LogP contribution is -2.37. The summed E-state index contributed by atoms with van der Waals surface area (Å²) in [5, 5.41) is 11.9. The van der Waals surface area contributed by atoms with Crippen LogP contribution in [0.5, 0.6) is 0 Å². The smallest absolute Gasteiger partial charge is 0.390 e. The van der Waals surface area contributed by atoms with Crippen LogP contribution in [0.4, 0.5) is 13.2 Å². The molecule has 5 heteroatoms. The number of aliphatic hydroxyl groups is 1. The number of hydrogen-bond donors (Lipinski definition) is 2. The molecule has 0 saturated carbocycles. The Kier molecular flexibility index (Phi) is 5.62. The highest BCUT2D eigenvalue weighted by Gasteiger charge is 2.33. The lowest BCUT2D eigenvalue weighted by molar-refractivity contribution is -0.141. The second-order valence-electron chi connectivity index (χ2n) is 4.24. The molecule has 0 saturated heterocycles. The molecule has 2 nitrogen and oxygen atoms in total. The van der Waals surface area contributed by atoms with E-state index in [4.69, 9.17) is 5.11 Å². The first-order chi connectivity index (χ1) is 8.46. The van der Waals surface area contributed by atoms with Crippen molar-refractivity contribution in [2.24, 2.45) is 0 Å². The first-order valence-corrected chi connectivity index (χ1v) is 5.95. The molecule has 1 unspecified atom stereocenters. The summed E-state index contributed by atoms with van der Waals surface area (Å²) in [4.78, 5) is 0. The first kappa shape index (κ1) is 15.0. The van der Waals surface area contributed by atoms with Crippen molar-refractivity contribution < 1.29 is 18.3 Å². The molecule has 1 aromatic carbocycles. The molecule has 0 aliphatic rings. The fourth-order valence-corrected chi connectivity index (χ4v) is 1.77. The van der Waals surface area contributed by atoms with Crippen LogP contribution >= 0.6 is 0 Å². The van der Waals surface area contributed by atoms with E-state index in [2.05, 4.69) is 5.32 Å². The largest absolute Gasteiger partial charge is 0.395 e. The van der Waals surface area contributed by atoms with Gasteiger partial charge in [0.1, 0.15) is 0 Å². The van der Waals surface area contributed by atoms with Gasteiger partial charge >= 0.3 is 6.18 Å². The summed E-state index contributed by atoms with van der Waals surface area (Å²) in [7, 11) is 0. The van der Waals surface area contributed by atoms with E-state index < -0.39 is 18.6 Å². The molecule has 0 bridgehead atoms. The van der Waals surface area contributed by atoms with Gasteiger partial charge in [-0.3, -0.25) is 0 Å². The number of benzene rings is 1. The zero-order chi connectivity index (χ0) is 13.6. The van der Waals surface area contributed by atoms with E-state index in [1.54, 1.807) is 30.3 Å². The normalized spacial score (nSPS) is 15.4. The number of aliphatic hydroxyl groups excluding tert-OH is 1. The highest BCUT2D eigenvalue weighted by atomic mass is 19.4. The molecule has 102 valence electrons. The minimum atomic E-state index is -4.23. The maximum Gasteiger partial charge on any atom is 0.390 e. The van der Waals surface area contributed by atoms with E-state index in [-0.39, 0.29) is 12.6 Å². The summed E-state index contributed by atoms with van der Waals surface area (Å²) in [6.45, 7) is 1.65. The third-order valence-corrected chi connectivity index (χ3v) is 2.79. The van der Waals surface area contributed by atoms with Gasteiger partial charge in [-0.1, -0.05) is 37.3 Å². The van der Waals surface area contributed by atoms with Crippen molar-refractivity contribution in [1.82, 2.24) is 5.32 Å². The lowest BCUT2D eigenvalue weighted by Gasteiger charge is -2.25. The highest BCUT2D eigenvalue weighted by molar-refractivity contribution is 5.19. The summed E-state index contributed by atoms with van der Waals surface area (Å²) in [6, 6.07) is 7.36. The average molecular weight is 261 g/mol. The highest BCUT2D eigenvalue weighted by Crippen LogP contribution is 2.29. The van der Waals surface area contributed by atoms with Crippen LogP contribution in [0.1, 0.15) is 31.4 Å². The number of rotatable bonds is 6. The zero-order valence-electron chi connectivity index (χ0n) is 10.2. The van der Waals surface area contributed by atoms with Gasteiger partial charge in [0, 0.05) is 12.1 Å². The maximum atomic E-state index is 12.5. The Labute approximate surface area is 105 Å². The predicted molar refractivity (Wildman–Crippen MR) is 64.2 cm³/mol. The van der Waals surface area contributed by atoms with Crippen LogP contribution < -0.4 is 5.32 Å². The quantitative estimate of drug-likeness (QED) is 0.825. The van der Waals surface area contributed by atoms with Gasteiger partial charge in [-0.2, -0.15) is 13.2 Å². The fraction of sp³-hybridized carbons (Fsp3) is 0.538. The van der Waals surface area contributed by atoms with Crippen LogP contribution in [0, 0.1) is 0 Å². The summed E-state index contributed by atoms with van der Waals surface area (Å²) in [6.07, 6.45) is -4.59. The van der Waals surface area contributed by atoms with Gasteiger partial charge in [0.15, 0.2) is 0 Å². The molecule has 0 aromatic heterocycles. The van der Waals surface area contributed by atoms with Crippen LogP contribution in [0.25, 0.3) is 0 Å². The van der Waals surface area contributed by atoms with Crippen molar-refractivity contribution in [3.63, 3.8) is 0 Å². The van der Waals surface area contributed by atoms with Gasteiger partial charge in [0.05, 0.1) is 13.0 Å². The lowest BCUT2D eigenvalue weighted by atomic mass is 10.0. The Morgan fingerprint density at radius 1 is 1.22 bits per heavy atom. The van der Waals surface area contributed by atoms with Gasteiger partial charge in [-0.05, 0) is 12.0 Å². The molecule has 0 aliphatic carbocycles. The van der Waals surface area contributed by atoms with E-state index in [9.17, 15) is 13.2 Å². The standard InChI is InChI=1S/C13H18F3NO/c1-2-11(9-18)17-12(8-13(14,15)16)10-6-4-3-5-7-10/h3-7,11-12,17-18H,2,8-9H2,1H3/t11-,12?/m0/s1. The monoisotopic (exact) mass is 261 g/mol. The second-order valence-corrected chi connectivity index (χ2v) is 4.24. The Morgan fingerprint density at radius 3 is 2.28 bits per heavy atom. The van der Waals surface area contributed by atoms with Gasteiger partial charge in [0.25, 0.3) is 0 Å². The van der Waals surface area contributed by atoms with E-state index in [0.717, 1.165) is 0 Å². The topological polar surface area (TPSA) is 32.3 Å². The molecule has 0 spiro atoms. The third kappa shape index (κ3) is 5.06. The van der Waals surface area contributed by atoms with Crippen LogP contribution in [-0.2, 0) is 0 Å². The van der Waals surface area contributed by atoms with Crippen molar-refractivity contribution >= 4 is 0 Å². The van der Waals surface area contributed by atoms with Gasteiger partial charge in [0.2, 0.25) is 0 Å². The van der Waals surface area contributed by atoms with Gasteiger partial charge in [-0.25, -0.2) is 0 Å². The van der Waals surface area contributed by atoms with Gasteiger partial charge in [-0.15, -0.1) is 0 Å². The molecular formula is C13H18F3NO.